The minimum atomic E-state index is -4.74. The molecule has 0 spiro atoms. The van der Waals surface area contributed by atoms with E-state index in [1.807, 2.05) is 5.32 Å². The second-order valence-electron chi connectivity index (χ2n) is 6.00. The third-order valence-corrected chi connectivity index (χ3v) is 3.68. The van der Waals surface area contributed by atoms with Crippen molar-refractivity contribution in [1.82, 2.24) is 29.7 Å². The van der Waals surface area contributed by atoms with Crippen molar-refractivity contribution in [3.05, 3.63) is 42.0 Å². The summed E-state index contributed by atoms with van der Waals surface area (Å²) in [5.74, 6) is -1.34. The lowest BCUT2D eigenvalue weighted by atomic mass is 10.3. The zero-order valence-electron chi connectivity index (χ0n) is 15.4. The predicted molar refractivity (Wildman–Crippen MR) is 93.3 cm³/mol. The molecule has 162 valence electrons. The molecule has 0 amide bonds. The molecule has 0 saturated carbocycles. The summed E-state index contributed by atoms with van der Waals surface area (Å²) in [6, 6.07) is 3.12. The van der Waals surface area contributed by atoms with E-state index >= 15 is 0 Å². The number of nitriles is 1. The standard InChI is InChI=1S/C16H11F6N9/c1-8(15(17,18)19)25-12-27-13(26-9-2-4-24-10(6-9)7-23)29-14(28-12)31-5-3-11(30-31)16(20,21)22/h2-6,8H,1H3,(H2,24,25,26,27,28,29)/t8-/m1/s1. The molecule has 0 aromatic carbocycles. The van der Waals surface area contributed by atoms with Crippen molar-refractivity contribution in [2.24, 2.45) is 0 Å². The number of anilines is 3. The number of halogens is 6. The highest BCUT2D eigenvalue weighted by Gasteiger charge is 2.37. The number of rotatable bonds is 5. The van der Waals surface area contributed by atoms with E-state index in [2.05, 4.69) is 30.4 Å². The van der Waals surface area contributed by atoms with Crippen LogP contribution in [0.2, 0.25) is 0 Å². The van der Waals surface area contributed by atoms with Crippen LogP contribution in [0.25, 0.3) is 5.95 Å². The van der Waals surface area contributed by atoms with Gasteiger partial charge in [-0.25, -0.2) is 9.67 Å². The molecule has 3 aromatic rings. The maximum absolute atomic E-state index is 12.9. The number of nitrogens with one attached hydrogen (secondary N) is 2. The topological polar surface area (TPSA) is 117 Å². The minimum absolute atomic E-state index is 0.0326. The largest absolute Gasteiger partial charge is 0.435 e. The number of nitrogens with zero attached hydrogens (tertiary/aromatic N) is 7. The van der Waals surface area contributed by atoms with Gasteiger partial charge in [-0.3, -0.25) is 0 Å². The summed E-state index contributed by atoms with van der Waals surface area (Å²) in [7, 11) is 0. The fraction of sp³-hybridized carbons (Fsp3) is 0.250. The van der Waals surface area contributed by atoms with Gasteiger partial charge in [-0.2, -0.15) is 51.7 Å². The van der Waals surface area contributed by atoms with Gasteiger partial charge < -0.3 is 10.6 Å². The second kappa shape index (κ2) is 8.05. The SMILES string of the molecule is C[C@@H](Nc1nc(Nc2ccnc(C#N)c2)nc(-n2ccc(C(F)(F)F)n2)n1)C(F)(F)F. The van der Waals surface area contributed by atoms with Gasteiger partial charge in [0.15, 0.2) is 5.69 Å². The zero-order valence-corrected chi connectivity index (χ0v) is 15.4. The Hall–Kier alpha value is -3.96. The molecule has 0 aliphatic rings. The van der Waals surface area contributed by atoms with E-state index in [9.17, 15) is 26.3 Å². The van der Waals surface area contributed by atoms with E-state index < -0.39 is 36.0 Å². The molecule has 0 aliphatic heterocycles. The summed E-state index contributed by atoms with van der Waals surface area (Å²) in [6.07, 6.45) is -7.19. The Bertz CT molecular complexity index is 1120. The highest BCUT2D eigenvalue weighted by Crippen LogP contribution is 2.28. The Morgan fingerprint density at radius 1 is 1.06 bits per heavy atom. The Balaban J connectivity index is 2.01. The first-order valence-electron chi connectivity index (χ1n) is 8.31. The third kappa shape index (κ3) is 5.35. The monoisotopic (exact) mass is 443 g/mol. The quantitative estimate of drug-likeness (QED) is 0.576. The Morgan fingerprint density at radius 2 is 1.77 bits per heavy atom. The molecular weight excluding hydrogens is 432 g/mol. The Labute approximate surface area is 169 Å². The fourth-order valence-electron chi connectivity index (χ4n) is 2.15. The van der Waals surface area contributed by atoms with Crippen molar-refractivity contribution in [3.8, 4) is 12.0 Å². The predicted octanol–water partition coefficient (Wildman–Crippen LogP) is 3.45. The molecule has 0 aliphatic carbocycles. The molecule has 31 heavy (non-hydrogen) atoms. The second-order valence-corrected chi connectivity index (χ2v) is 6.00. The highest BCUT2D eigenvalue weighted by atomic mass is 19.4. The van der Waals surface area contributed by atoms with Crippen LogP contribution in [0.15, 0.2) is 30.6 Å². The first-order chi connectivity index (χ1) is 14.5. The van der Waals surface area contributed by atoms with Crippen LogP contribution in [0, 0.1) is 11.3 Å². The lowest BCUT2D eigenvalue weighted by Gasteiger charge is -2.17. The summed E-state index contributed by atoms with van der Waals surface area (Å²) in [5.41, 5.74) is -0.950. The average Bonchev–Trinajstić information content (AvgIpc) is 3.18. The van der Waals surface area contributed by atoms with E-state index in [4.69, 9.17) is 5.26 Å². The molecule has 0 unspecified atom stereocenters. The van der Waals surface area contributed by atoms with Gasteiger partial charge in [0.1, 0.15) is 17.8 Å². The molecule has 2 N–H and O–H groups in total. The van der Waals surface area contributed by atoms with Crippen LogP contribution in [0.3, 0.4) is 0 Å². The maximum atomic E-state index is 12.9. The molecule has 3 heterocycles. The zero-order chi connectivity index (χ0) is 22.8. The fourth-order valence-corrected chi connectivity index (χ4v) is 2.15. The molecule has 0 fully saturated rings. The van der Waals surface area contributed by atoms with Crippen molar-refractivity contribution >= 4 is 17.6 Å². The van der Waals surface area contributed by atoms with Crippen LogP contribution >= 0.6 is 0 Å². The van der Waals surface area contributed by atoms with Gasteiger partial charge >= 0.3 is 12.4 Å². The van der Waals surface area contributed by atoms with E-state index in [0.29, 0.717) is 10.7 Å². The van der Waals surface area contributed by atoms with Crippen molar-refractivity contribution in [2.45, 2.75) is 25.3 Å². The van der Waals surface area contributed by atoms with Gasteiger partial charge in [0, 0.05) is 18.1 Å². The van der Waals surface area contributed by atoms with Crippen LogP contribution in [-0.2, 0) is 6.18 Å². The number of alkyl halides is 6. The van der Waals surface area contributed by atoms with Crippen LogP contribution in [-0.4, -0.2) is 41.9 Å². The molecule has 15 heteroatoms. The van der Waals surface area contributed by atoms with E-state index in [0.717, 1.165) is 13.1 Å². The molecule has 3 aromatic heterocycles. The lowest BCUT2D eigenvalue weighted by Crippen LogP contribution is -2.34. The van der Waals surface area contributed by atoms with Gasteiger partial charge in [-0.15, -0.1) is 0 Å². The summed E-state index contributed by atoms with van der Waals surface area (Å²) in [6.45, 7) is 0.814. The van der Waals surface area contributed by atoms with Crippen molar-refractivity contribution < 1.29 is 26.3 Å². The van der Waals surface area contributed by atoms with E-state index in [-0.39, 0.29) is 17.3 Å². The molecule has 3 rings (SSSR count). The highest BCUT2D eigenvalue weighted by molar-refractivity contribution is 5.55. The normalized spacial score (nSPS) is 12.8. The van der Waals surface area contributed by atoms with Crippen LogP contribution in [0.5, 0.6) is 0 Å². The van der Waals surface area contributed by atoms with Crippen LogP contribution < -0.4 is 10.6 Å². The summed E-state index contributed by atoms with van der Waals surface area (Å²) < 4.78 is 77.8. The van der Waals surface area contributed by atoms with Gasteiger partial charge in [0.05, 0.1) is 0 Å². The molecular formula is C16H11F6N9. The van der Waals surface area contributed by atoms with Crippen LogP contribution in [0.1, 0.15) is 18.3 Å². The molecule has 0 saturated heterocycles. The Kier molecular flexibility index (Phi) is 5.64. The number of hydrogen-bond acceptors (Lipinski definition) is 8. The molecule has 9 nitrogen and oxygen atoms in total. The van der Waals surface area contributed by atoms with Crippen molar-refractivity contribution in [2.75, 3.05) is 10.6 Å². The average molecular weight is 443 g/mol. The smallest absolute Gasteiger partial charge is 0.343 e. The van der Waals surface area contributed by atoms with Gasteiger partial charge in [-0.05, 0) is 25.1 Å². The van der Waals surface area contributed by atoms with E-state index in [1.54, 1.807) is 6.07 Å². The van der Waals surface area contributed by atoms with E-state index in [1.165, 1.54) is 18.3 Å². The Morgan fingerprint density at radius 3 is 2.39 bits per heavy atom. The van der Waals surface area contributed by atoms with Crippen molar-refractivity contribution in [1.29, 1.82) is 5.26 Å². The molecule has 1 atom stereocenters. The first kappa shape index (κ1) is 21.7. The van der Waals surface area contributed by atoms with Gasteiger partial charge in [-0.1, -0.05) is 0 Å². The molecule has 0 bridgehead atoms. The summed E-state index contributed by atoms with van der Waals surface area (Å²) in [5, 5.41) is 16.9. The van der Waals surface area contributed by atoms with Crippen LogP contribution in [0.4, 0.5) is 43.9 Å². The van der Waals surface area contributed by atoms with Gasteiger partial charge in [0.25, 0.3) is 5.95 Å². The molecule has 0 radical (unpaired) electrons. The van der Waals surface area contributed by atoms with Gasteiger partial charge in [0.2, 0.25) is 11.9 Å². The number of pyridine rings is 1. The lowest BCUT2D eigenvalue weighted by molar-refractivity contribution is -0.141. The number of hydrogen-bond donors (Lipinski definition) is 2. The summed E-state index contributed by atoms with van der Waals surface area (Å²) >= 11 is 0. The summed E-state index contributed by atoms with van der Waals surface area (Å²) in [4.78, 5) is 15.2. The maximum Gasteiger partial charge on any atom is 0.435 e. The number of aromatic nitrogens is 6. The van der Waals surface area contributed by atoms with Crippen molar-refractivity contribution in [3.63, 3.8) is 0 Å². The minimum Gasteiger partial charge on any atom is -0.343 e. The first-order valence-corrected chi connectivity index (χ1v) is 8.31. The third-order valence-electron chi connectivity index (χ3n) is 3.68.